The number of aliphatic hydroxyl groups excluding tert-OH is 1. The minimum Gasteiger partial charge on any atom is -0.480 e. The summed E-state index contributed by atoms with van der Waals surface area (Å²) in [5.74, 6) is -1.95. The molecule has 0 aromatic carbocycles. The molecule has 0 amide bonds. The Labute approximate surface area is 158 Å². The van der Waals surface area contributed by atoms with E-state index < -0.39 is 51.7 Å². The van der Waals surface area contributed by atoms with E-state index in [1.807, 2.05) is 6.08 Å². The fourth-order valence-electron chi connectivity index (χ4n) is 1.75. The van der Waals surface area contributed by atoms with Crippen LogP contribution in [0.25, 0.3) is 0 Å². The van der Waals surface area contributed by atoms with Gasteiger partial charge in [-0.05, 0) is 12.8 Å². The molecule has 0 rings (SSSR count). The SMILES string of the molecule is CCCCCC/C=C/CC(=O)OC[C@H](O)COP(=O)(O)OC[C@H](N)C(=O)O. The van der Waals surface area contributed by atoms with Crippen LogP contribution in [0.3, 0.4) is 0 Å². The normalized spacial score (nSPS) is 16.0. The standard InChI is InChI=1S/C16H30NO9P/c1-2-3-4-5-6-7-8-9-15(19)24-10-13(18)11-25-27(22,23)26-12-14(17)16(20)21/h7-8,13-14,18H,2-6,9-12,17H2,1H3,(H,20,21)(H,22,23)/b8-7+/t13-,14-/m0/s1. The Hall–Kier alpha value is -1.29. The molecule has 3 atom stereocenters. The lowest BCUT2D eigenvalue weighted by Gasteiger charge is -2.16. The first kappa shape index (κ1) is 25.7. The van der Waals surface area contributed by atoms with Crippen LogP contribution < -0.4 is 5.73 Å². The molecule has 0 spiro atoms. The number of hydrogen-bond acceptors (Lipinski definition) is 8. The zero-order chi connectivity index (χ0) is 20.7. The maximum atomic E-state index is 11.5. The zero-order valence-corrected chi connectivity index (χ0v) is 16.4. The molecule has 0 radical (unpaired) electrons. The second kappa shape index (κ2) is 14.7. The molecular weight excluding hydrogens is 381 g/mol. The number of carboxylic acid groups (broad SMARTS) is 1. The number of phosphoric ester groups is 1. The van der Waals surface area contributed by atoms with Gasteiger partial charge in [-0.15, -0.1) is 0 Å². The van der Waals surface area contributed by atoms with Gasteiger partial charge < -0.3 is 25.6 Å². The highest BCUT2D eigenvalue weighted by molar-refractivity contribution is 7.47. The zero-order valence-electron chi connectivity index (χ0n) is 15.5. The molecule has 11 heteroatoms. The van der Waals surface area contributed by atoms with Crippen molar-refractivity contribution in [2.24, 2.45) is 5.73 Å². The van der Waals surface area contributed by atoms with Crippen molar-refractivity contribution in [3.63, 3.8) is 0 Å². The summed E-state index contributed by atoms with van der Waals surface area (Å²) in [6.07, 6.45) is 7.77. The van der Waals surface area contributed by atoms with Gasteiger partial charge in [0.05, 0.1) is 19.6 Å². The molecule has 5 N–H and O–H groups in total. The second-order valence-electron chi connectivity index (χ2n) is 5.87. The van der Waals surface area contributed by atoms with E-state index in [9.17, 15) is 24.2 Å². The molecule has 0 aliphatic heterocycles. The topological polar surface area (TPSA) is 166 Å². The van der Waals surface area contributed by atoms with E-state index in [2.05, 4.69) is 16.0 Å². The first-order valence-electron chi connectivity index (χ1n) is 8.77. The van der Waals surface area contributed by atoms with Crippen LogP contribution in [0.15, 0.2) is 12.2 Å². The van der Waals surface area contributed by atoms with Crippen LogP contribution in [-0.4, -0.2) is 59.0 Å². The number of esters is 1. The van der Waals surface area contributed by atoms with Gasteiger partial charge in [0.2, 0.25) is 0 Å². The highest BCUT2D eigenvalue weighted by atomic mass is 31.2. The maximum Gasteiger partial charge on any atom is 0.472 e. The fourth-order valence-corrected chi connectivity index (χ4v) is 2.53. The fraction of sp³-hybridized carbons (Fsp3) is 0.750. The van der Waals surface area contributed by atoms with E-state index in [1.54, 1.807) is 6.08 Å². The van der Waals surface area contributed by atoms with Gasteiger partial charge in [0.1, 0.15) is 18.8 Å². The minimum absolute atomic E-state index is 0.0655. The molecule has 0 fully saturated rings. The van der Waals surface area contributed by atoms with Crippen LogP contribution in [0, 0.1) is 0 Å². The monoisotopic (exact) mass is 411 g/mol. The molecule has 0 bridgehead atoms. The molecule has 158 valence electrons. The number of hydrogen-bond donors (Lipinski definition) is 4. The van der Waals surface area contributed by atoms with Crippen molar-refractivity contribution in [1.82, 2.24) is 0 Å². The molecule has 0 saturated carbocycles. The Morgan fingerprint density at radius 2 is 1.78 bits per heavy atom. The Morgan fingerprint density at radius 3 is 2.41 bits per heavy atom. The van der Waals surface area contributed by atoms with Crippen molar-refractivity contribution in [2.45, 2.75) is 57.6 Å². The van der Waals surface area contributed by atoms with Crippen molar-refractivity contribution in [1.29, 1.82) is 0 Å². The third-order valence-corrected chi connectivity index (χ3v) is 4.23. The first-order valence-corrected chi connectivity index (χ1v) is 10.3. The molecular formula is C16H30NO9P. The van der Waals surface area contributed by atoms with Crippen LogP contribution in [0.1, 0.15) is 45.4 Å². The van der Waals surface area contributed by atoms with Crippen LogP contribution in [-0.2, 0) is 27.9 Å². The van der Waals surface area contributed by atoms with E-state index in [1.165, 1.54) is 6.42 Å². The number of carbonyl (C=O) groups excluding carboxylic acids is 1. The summed E-state index contributed by atoms with van der Waals surface area (Å²) in [6, 6.07) is -1.49. The van der Waals surface area contributed by atoms with Crippen LogP contribution in [0.5, 0.6) is 0 Å². The largest absolute Gasteiger partial charge is 0.480 e. The second-order valence-corrected chi connectivity index (χ2v) is 7.32. The minimum atomic E-state index is -4.58. The van der Waals surface area contributed by atoms with E-state index in [4.69, 9.17) is 15.6 Å². The Bertz CT molecular complexity index is 512. The number of carboxylic acids is 1. The number of aliphatic hydroxyl groups is 1. The smallest absolute Gasteiger partial charge is 0.472 e. The Morgan fingerprint density at radius 1 is 1.11 bits per heavy atom. The third-order valence-electron chi connectivity index (χ3n) is 3.28. The number of aliphatic carboxylic acids is 1. The Balaban J connectivity index is 3.90. The predicted molar refractivity (Wildman–Crippen MR) is 96.8 cm³/mol. The molecule has 0 saturated heterocycles. The van der Waals surface area contributed by atoms with E-state index in [-0.39, 0.29) is 6.42 Å². The van der Waals surface area contributed by atoms with Gasteiger partial charge in [0, 0.05) is 0 Å². The number of nitrogens with two attached hydrogens (primary N) is 1. The summed E-state index contributed by atoms with van der Waals surface area (Å²) in [7, 11) is -4.58. The highest BCUT2D eigenvalue weighted by Crippen LogP contribution is 2.43. The first-order chi connectivity index (χ1) is 12.7. The van der Waals surface area contributed by atoms with Gasteiger partial charge in [0.15, 0.2) is 0 Å². The van der Waals surface area contributed by atoms with E-state index in [0.29, 0.717) is 0 Å². The number of carbonyl (C=O) groups is 2. The average Bonchev–Trinajstić information content (AvgIpc) is 2.62. The summed E-state index contributed by atoms with van der Waals surface area (Å²) in [6.45, 7) is 0.333. The lowest BCUT2D eigenvalue weighted by Crippen LogP contribution is -2.34. The molecule has 1 unspecified atom stereocenters. The van der Waals surface area contributed by atoms with Crippen LogP contribution in [0.4, 0.5) is 0 Å². The summed E-state index contributed by atoms with van der Waals surface area (Å²) in [5, 5.41) is 18.1. The van der Waals surface area contributed by atoms with Crippen molar-refractivity contribution < 1.29 is 43.0 Å². The van der Waals surface area contributed by atoms with Crippen molar-refractivity contribution in [3.8, 4) is 0 Å². The molecule has 0 aromatic heterocycles. The van der Waals surface area contributed by atoms with Gasteiger partial charge in [-0.1, -0.05) is 38.3 Å². The quantitative estimate of drug-likeness (QED) is 0.126. The van der Waals surface area contributed by atoms with Crippen LogP contribution in [0.2, 0.25) is 0 Å². The van der Waals surface area contributed by atoms with Crippen LogP contribution >= 0.6 is 7.82 Å². The lowest BCUT2D eigenvalue weighted by atomic mass is 10.1. The third kappa shape index (κ3) is 15.5. The van der Waals surface area contributed by atoms with Crippen molar-refractivity contribution in [2.75, 3.05) is 19.8 Å². The number of unbranched alkanes of at least 4 members (excludes halogenated alkanes) is 4. The van der Waals surface area contributed by atoms with Gasteiger partial charge in [-0.2, -0.15) is 0 Å². The lowest BCUT2D eigenvalue weighted by molar-refractivity contribution is -0.146. The van der Waals surface area contributed by atoms with Gasteiger partial charge in [-0.25, -0.2) is 4.57 Å². The predicted octanol–water partition coefficient (Wildman–Crippen LogP) is 1.35. The summed E-state index contributed by atoms with van der Waals surface area (Å²) in [5.41, 5.74) is 5.12. The van der Waals surface area contributed by atoms with Gasteiger partial charge in [0.25, 0.3) is 0 Å². The van der Waals surface area contributed by atoms with E-state index >= 15 is 0 Å². The summed E-state index contributed by atoms with van der Waals surface area (Å²) < 4.78 is 25.2. The van der Waals surface area contributed by atoms with Crippen molar-refractivity contribution in [3.05, 3.63) is 12.2 Å². The number of ether oxygens (including phenoxy) is 1. The number of phosphoric acid groups is 1. The molecule has 27 heavy (non-hydrogen) atoms. The molecule has 10 nitrogen and oxygen atoms in total. The summed E-state index contributed by atoms with van der Waals surface area (Å²) >= 11 is 0. The van der Waals surface area contributed by atoms with Gasteiger partial charge in [-0.3, -0.25) is 18.6 Å². The molecule has 0 aliphatic rings. The highest BCUT2D eigenvalue weighted by Gasteiger charge is 2.26. The molecule has 0 heterocycles. The number of allylic oxidation sites excluding steroid dienone is 1. The maximum absolute atomic E-state index is 11.5. The summed E-state index contributed by atoms with van der Waals surface area (Å²) in [4.78, 5) is 31.3. The van der Waals surface area contributed by atoms with Crippen molar-refractivity contribution >= 4 is 19.8 Å². The molecule has 0 aliphatic carbocycles. The number of rotatable bonds is 16. The van der Waals surface area contributed by atoms with E-state index in [0.717, 1.165) is 25.7 Å². The molecule has 0 aromatic rings. The van der Waals surface area contributed by atoms with Gasteiger partial charge >= 0.3 is 19.8 Å². The Kier molecular flexibility index (Phi) is 14.0. The average molecular weight is 411 g/mol.